The second-order valence-electron chi connectivity index (χ2n) is 4.10. The third-order valence-electron chi connectivity index (χ3n) is 2.74. The van der Waals surface area contributed by atoms with E-state index >= 15 is 0 Å². The minimum absolute atomic E-state index is 0.0377. The Hall–Kier alpha value is -1.09. The summed E-state index contributed by atoms with van der Waals surface area (Å²) in [6, 6.07) is 3.34. The Kier molecular flexibility index (Phi) is 5.98. The van der Waals surface area contributed by atoms with Crippen LogP contribution >= 0.6 is 11.6 Å². The number of nitrogens with one attached hydrogen (secondary N) is 1. The highest BCUT2D eigenvalue weighted by atomic mass is 35.5. The molecule has 0 aliphatic heterocycles. The number of nitrogens with zero attached hydrogens (tertiary/aromatic N) is 1. The van der Waals surface area contributed by atoms with Crippen molar-refractivity contribution in [3.63, 3.8) is 0 Å². The molecular weight excluding hydrogens is 236 g/mol. The Morgan fingerprint density at radius 2 is 2.29 bits per heavy atom. The van der Waals surface area contributed by atoms with Gasteiger partial charge in [0.05, 0.1) is 0 Å². The number of anilines is 1. The number of halogens is 1. The first-order valence-corrected chi connectivity index (χ1v) is 6.47. The van der Waals surface area contributed by atoms with Crippen LogP contribution in [0.2, 0.25) is 5.02 Å². The standard InChI is InChI=1S/C13H19ClN2O/c1-3-5-6-10(4-2)13(17)16-12-9-11(14)7-8-15-12/h7-10H,3-6H2,1-2H3,(H,15,16,17). The van der Waals surface area contributed by atoms with Gasteiger partial charge in [-0.1, -0.05) is 38.3 Å². The summed E-state index contributed by atoms with van der Waals surface area (Å²) in [4.78, 5) is 16.0. The topological polar surface area (TPSA) is 42.0 Å². The fourth-order valence-electron chi connectivity index (χ4n) is 1.67. The van der Waals surface area contributed by atoms with Crippen molar-refractivity contribution >= 4 is 23.3 Å². The molecular formula is C13H19ClN2O. The number of unbranched alkanes of at least 4 members (excludes halogenated alkanes) is 1. The molecule has 0 aliphatic rings. The molecule has 0 fully saturated rings. The molecule has 0 bridgehead atoms. The van der Waals surface area contributed by atoms with Crippen LogP contribution in [0.4, 0.5) is 5.82 Å². The SMILES string of the molecule is CCCCC(CC)C(=O)Nc1cc(Cl)ccn1. The Labute approximate surface area is 108 Å². The van der Waals surface area contributed by atoms with Crippen LogP contribution in [-0.2, 0) is 4.79 Å². The zero-order valence-electron chi connectivity index (χ0n) is 10.4. The van der Waals surface area contributed by atoms with Crippen LogP contribution < -0.4 is 5.32 Å². The Balaban J connectivity index is 2.57. The van der Waals surface area contributed by atoms with Crippen LogP contribution in [0.15, 0.2) is 18.3 Å². The molecule has 1 heterocycles. The van der Waals surface area contributed by atoms with Gasteiger partial charge in [0.15, 0.2) is 0 Å². The van der Waals surface area contributed by atoms with E-state index in [-0.39, 0.29) is 11.8 Å². The van der Waals surface area contributed by atoms with Gasteiger partial charge in [-0.15, -0.1) is 0 Å². The molecule has 3 nitrogen and oxygen atoms in total. The summed E-state index contributed by atoms with van der Waals surface area (Å²) >= 11 is 5.83. The number of hydrogen-bond acceptors (Lipinski definition) is 2. The van der Waals surface area contributed by atoms with Crippen molar-refractivity contribution in [3.05, 3.63) is 23.4 Å². The molecule has 1 amide bonds. The maximum atomic E-state index is 12.0. The average Bonchev–Trinajstić information content (AvgIpc) is 2.30. The van der Waals surface area contributed by atoms with E-state index < -0.39 is 0 Å². The lowest BCUT2D eigenvalue weighted by molar-refractivity contribution is -0.120. The lowest BCUT2D eigenvalue weighted by Crippen LogP contribution is -2.22. The van der Waals surface area contributed by atoms with E-state index in [9.17, 15) is 4.79 Å². The van der Waals surface area contributed by atoms with Gasteiger partial charge in [-0.3, -0.25) is 4.79 Å². The van der Waals surface area contributed by atoms with Crippen LogP contribution in [0.5, 0.6) is 0 Å². The molecule has 1 aromatic heterocycles. The first-order valence-electron chi connectivity index (χ1n) is 6.09. The molecule has 0 aliphatic carbocycles. The molecule has 1 rings (SSSR count). The maximum Gasteiger partial charge on any atom is 0.228 e. The van der Waals surface area contributed by atoms with E-state index in [0.29, 0.717) is 10.8 Å². The summed E-state index contributed by atoms with van der Waals surface area (Å²) in [6.45, 7) is 4.16. The van der Waals surface area contributed by atoms with Gasteiger partial charge in [-0.2, -0.15) is 0 Å². The summed E-state index contributed by atoms with van der Waals surface area (Å²) in [5, 5.41) is 3.39. The largest absolute Gasteiger partial charge is 0.310 e. The predicted octanol–water partition coefficient (Wildman–Crippen LogP) is 3.89. The molecule has 94 valence electrons. The van der Waals surface area contributed by atoms with E-state index in [1.165, 1.54) is 0 Å². The van der Waals surface area contributed by atoms with E-state index in [0.717, 1.165) is 25.7 Å². The molecule has 1 N–H and O–H groups in total. The van der Waals surface area contributed by atoms with E-state index in [2.05, 4.69) is 17.2 Å². The van der Waals surface area contributed by atoms with Gasteiger partial charge in [0.1, 0.15) is 5.82 Å². The van der Waals surface area contributed by atoms with Crippen LogP contribution in [0.25, 0.3) is 0 Å². The van der Waals surface area contributed by atoms with Crippen molar-refractivity contribution in [3.8, 4) is 0 Å². The Morgan fingerprint density at radius 1 is 1.53 bits per heavy atom. The number of aromatic nitrogens is 1. The van der Waals surface area contributed by atoms with Crippen LogP contribution in [0.1, 0.15) is 39.5 Å². The third kappa shape index (κ3) is 4.73. The number of hydrogen-bond donors (Lipinski definition) is 1. The van der Waals surface area contributed by atoms with Crippen molar-refractivity contribution in [2.45, 2.75) is 39.5 Å². The Morgan fingerprint density at radius 3 is 2.88 bits per heavy atom. The monoisotopic (exact) mass is 254 g/mol. The Bertz CT molecular complexity index is 368. The molecule has 17 heavy (non-hydrogen) atoms. The van der Waals surface area contributed by atoms with Crippen LogP contribution in [0, 0.1) is 5.92 Å². The van der Waals surface area contributed by atoms with Gasteiger partial charge >= 0.3 is 0 Å². The number of amides is 1. The highest BCUT2D eigenvalue weighted by Crippen LogP contribution is 2.17. The maximum absolute atomic E-state index is 12.0. The number of pyridine rings is 1. The zero-order chi connectivity index (χ0) is 12.7. The summed E-state index contributed by atoms with van der Waals surface area (Å²) in [5.74, 6) is 0.629. The highest BCUT2D eigenvalue weighted by molar-refractivity contribution is 6.30. The van der Waals surface area contributed by atoms with Crippen LogP contribution in [-0.4, -0.2) is 10.9 Å². The lowest BCUT2D eigenvalue weighted by atomic mass is 9.98. The fourth-order valence-corrected chi connectivity index (χ4v) is 1.83. The highest BCUT2D eigenvalue weighted by Gasteiger charge is 2.16. The average molecular weight is 255 g/mol. The van der Waals surface area contributed by atoms with E-state index in [1.807, 2.05) is 6.92 Å². The van der Waals surface area contributed by atoms with Gasteiger partial charge in [-0.05, 0) is 25.0 Å². The van der Waals surface area contributed by atoms with Crippen molar-refractivity contribution < 1.29 is 4.79 Å². The van der Waals surface area contributed by atoms with E-state index in [4.69, 9.17) is 11.6 Å². The minimum atomic E-state index is 0.0377. The molecule has 0 spiro atoms. The smallest absolute Gasteiger partial charge is 0.228 e. The molecule has 0 saturated carbocycles. The second kappa shape index (κ2) is 7.28. The van der Waals surface area contributed by atoms with Crippen LogP contribution in [0.3, 0.4) is 0 Å². The van der Waals surface area contributed by atoms with Gasteiger partial charge < -0.3 is 5.32 Å². The first-order chi connectivity index (χ1) is 8.17. The predicted molar refractivity (Wildman–Crippen MR) is 71.2 cm³/mol. The van der Waals surface area contributed by atoms with Gasteiger partial charge in [0, 0.05) is 17.1 Å². The second-order valence-corrected chi connectivity index (χ2v) is 4.53. The molecule has 1 unspecified atom stereocenters. The van der Waals surface area contributed by atoms with E-state index in [1.54, 1.807) is 18.3 Å². The van der Waals surface area contributed by atoms with Crippen molar-refractivity contribution in [1.29, 1.82) is 0 Å². The molecule has 0 radical (unpaired) electrons. The summed E-state index contributed by atoms with van der Waals surface area (Å²) in [7, 11) is 0. The quantitative estimate of drug-likeness (QED) is 0.837. The number of carbonyl (C=O) groups is 1. The first kappa shape index (κ1) is 14.0. The van der Waals surface area contributed by atoms with Crippen molar-refractivity contribution in [2.24, 2.45) is 5.92 Å². The normalized spacial score (nSPS) is 12.2. The fraction of sp³-hybridized carbons (Fsp3) is 0.538. The summed E-state index contributed by atoms with van der Waals surface area (Å²) in [6.07, 6.45) is 5.56. The lowest BCUT2D eigenvalue weighted by Gasteiger charge is -2.14. The van der Waals surface area contributed by atoms with Gasteiger partial charge in [-0.25, -0.2) is 4.98 Å². The molecule has 1 aromatic rings. The number of rotatable bonds is 6. The third-order valence-corrected chi connectivity index (χ3v) is 2.98. The zero-order valence-corrected chi connectivity index (χ0v) is 11.1. The molecule has 1 atom stereocenters. The summed E-state index contributed by atoms with van der Waals surface area (Å²) < 4.78 is 0. The molecule has 0 aromatic carbocycles. The molecule has 0 saturated heterocycles. The van der Waals surface area contributed by atoms with Gasteiger partial charge in [0.2, 0.25) is 5.91 Å². The summed E-state index contributed by atoms with van der Waals surface area (Å²) in [5.41, 5.74) is 0. The van der Waals surface area contributed by atoms with Crippen molar-refractivity contribution in [2.75, 3.05) is 5.32 Å². The number of carbonyl (C=O) groups excluding carboxylic acids is 1. The molecule has 4 heteroatoms. The van der Waals surface area contributed by atoms with Crippen molar-refractivity contribution in [1.82, 2.24) is 4.98 Å². The minimum Gasteiger partial charge on any atom is -0.310 e. The van der Waals surface area contributed by atoms with Gasteiger partial charge in [0.25, 0.3) is 0 Å².